The highest BCUT2D eigenvalue weighted by Crippen LogP contribution is 2.43. The summed E-state index contributed by atoms with van der Waals surface area (Å²) >= 11 is 0. The van der Waals surface area contributed by atoms with E-state index in [9.17, 15) is 14.7 Å². The van der Waals surface area contributed by atoms with E-state index in [2.05, 4.69) is 18.7 Å². The number of ketones is 1. The molecule has 0 aliphatic carbocycles. The van der Waals surface area contributed by atoms with Crippen LogP contribution in [-0.2, 0) is 9.59 Å². The Morgan fingerprint density at radius 2 is 1.66 bits per heavy atom. The lowest BCUT2D eigenvalue weighted by Gasteiger charge is -2.27. The number of rotatable bonds is 8. The fraction of sp³-hybridized carbons (Fsp3) is 0.312. The summed E-state index contributed by atoms with van der Waals surface area (Å²) in [5.41, 5.74) is 4.75. The van der Waals surface area contributed by atoms with E-state index in [1.807, 2.05) is 76.2 Å². The van der Waals surface area contributed by atoms with Gasteiger partial charge in [0, 0.05) is 30.0 Å². The number of carbonyl (C=O) groups is 2. The maximum atomic E-state index is 13.5. The van der Waals surface area contributed by atoms with Crippen molar-refractivity contribution in [2.45, 2.75) is 53.7 Å². The number of ether oxygens (including phenoxy) is 1. The first kappa shape index (κ1) is 27.0. The van der Waals surface area contributed by atoms with Crippen LogP contribution < -0.4 is 14.5 Å². The number of Topliss-reactive ketones (excluding diaryl/α,β-unsaturated/α-hetero) is 1. The highest BCUT2D eigenvalue weighted by Gasteiger charge is 2.47. The maximum Gasteiger partial charge on any atom is 0.300 e. The fourth-order valence-corrected chi connectivity index (χ4v) is 4.99. The number of aliphatic hydroxyl groups is 1. The van der Waals surface area contributed by atoms with Crippen molar-refractivity contribution in [3.8, 4) is 5.75 Å². The molecule has 1 aliphatic heterocycles. The Morgan fingerprint density at radius 1 is 0.974 bits per heavy atom. The summed E-state index contributed by atoms with van der Waals surface area (Å²) in [5.74, 6) is -0.857. The standard InChI is InChI=1S/C32H36N2O4/c1-7-33(8-2)25-15-12-23(13-16-25)29-28(30(35)24-14-17-27(22(6)19-24)38-20(3)4)31(36)32(37)34(29)26-11-9-10-21(5)18-26/h9-20,29,35H,7-8H2,1-6H3/b30-28-. The second-order valence-electron chi connectivity index (χ2n) is 9.92. The van der Waals surface area contributed by atoms with Crippen molar-refractivity contribution < 1.29 is 19.4 Å². The Morgan fingerprint density at radius 3 is 2.24 bits per heavy atom. The summed E-state index contributed by atoms with van der Waals surface area (Å²) in [6, 6.07) is 19.9. The smallest absolute Gasteiger partial charge is 0.300 e. The molecule has 0 aromatic heterocycles. The number of amides is 1. The molecule has 1 N–H and O–H groups in total. The minimum atomic E-state index is -0.769. The predicted octanol–water partition coefficient (Wildman–Crippen LogP) is 6.56. The molecule has 1 atom stereocenters. The van der Waals surface area contributed by atoms with Gasteiger partial charge in [0.15, 0.2) is 0 Å². The summed E-state index contributed by atoms with van der Waals surface area (Å²) in [5, 5.41) is 11.5. The first-order chi connectivity index (χ1) is 18.2. The van der Waals surface area contributed by atoms with Crippen molar-refractivity contribution in [1.82, 2.24) is 0 Å². The van der Waals surface area contributed by atoms with Crippen LogP contribution in [0, 0.1) is 13.8 Å². The zero-order valence-corrected chi connectivity index (χ0v) is 23.0. The minimum Gasteiger partial charge on any atom is -0.507 e. The Kier molecular flexibility index (Phi) is 7.91. The van der Waals surface area contributed by atoms with Gasteiger partial charge in [-0.25, -0.2) is 0 Å². The number of benzene rings is 3. The molecule has 3 aromatic carbocycles. The molecule has 1 heterocycles. The van der Waals surface area contributed by atoms with Crippen molar-refractivity contribution in [3.05, 3.63) is 94.6 Å². The van der Waals surface area contributed by atoms with Gasteiger partial charge in [0.1, 0.15) is 11.5 Å². The van der Waals surface area contributed by atoms with Crippen LogP contribution in [0.4, 0.5) is 11.4 Å². The van der Waals surface area contributed by atoms with Gasteiger partial charge in [0.25, 0.3) is 11.7 Å². The molecule has 1 amide bonds. The van der Waals surface area contributed by atoms with Crippen LogP contribution in [0.15, 0.2) is 72.3 Å². The molecule has 0 spiro atoms. The molecule has 1 aliphatic rings. The molecule has 3 aromatic rings. The predicted molar refractivity (Wildman–Crippen MR) is 153 cm³/mol. The van der Waals surface area contributed by atoms with Crippen LogP contribution in [0.5, 0.6) is 5.75 Å². The van der Waals surface area contributed by atoms with Gasteiger partial charge in [-0.15, -0.1) is 0 Å². The Bertz CT molecular complexity index is 1370. The van der Waals surface area contributed by atoms with Gasteiger partial charge in [-0.2, -0.15) is 0 Å². The van der Waals surface area contributed by atoms with Gasteiger partial charge in [-0.1, -0.05) is 24.3 Å². The van der Waals surface area contributed by atoms with Gasteiger partial charge in [-0.05, 0) is 101 Å². The van der Waals surface area contributed by atoms with Crippen molar-refractivity contribution >= 4 is 28.8 Å². The SMILES string of the molecule is CCN(CC)c1ccc(C2/C(=C(/O)c3ccc(OC(C)C)c(C)c3)C(=O)C(=O)N2c2cccc(C)c2)cc1. The number of carbonyl (C=O) groups excluding carboxylic acids is 2. The van der Waals surface area contributed by atoms with Gasteiger partial charge in [0.05, 0.1) is 17.7 Å². The summed E-state index contributed by atoms with van der Waals surface area (Å²) in [4.78, 5) is 30.7. The monoisotopic (exact) mass is 512 g/mol. The second kappa shape index (κ2) is 11.1. The highest BCUT2D eigenvalue weighted by molar-refractivity contribution is 6.51. The van der Waals surface area contributed by atoms with Gasteiger partial charge in [0.2, 0.25) is 0 Å². The molecule has 0 radical (unpaired) electrons. The van der Waals surface area contributed by atoms with Crippen molar-refractivity contribution in [2.24, 2.45) is 0 Å². The lowest BCUT2D eigenvalue weighted by atomic mass is 9.94. The molecule has 0 saturated carbocycles. The molecule has 6 heteroatoms. The molecule has 0 bridgehead atoms. The zero-order valence-electron chi connectivity index (χ0n) is 23.0. The van der Waals surface area contributed by atoms with E-state index < -0.39 is 17.7 Å². The molecular weight excluding hydrogens is 476 g/mol. The molecule has 1 saturated heterocycles. The highest BCUT2D eigenvalue weighted by atomic mass is 16.5. The summed E-state index contributed by atoms with van der Waals surface area (Å²) in [6.07, 6.45) is 0.00659. The lowest BCUT2D eigenvalue weighted by molar-refractivity contribution is -0.132. The third kappa shape index (κ3) is 5.17. The number of hydrogen-bond donors (Lipinski definition) is 1. The Balaban J connectivity index is 1.88. The van der Waals surface area contributed by atoms with E-state index in [0.717, 1.165) is 35.5 Å². The maximum absolute atomic E-state index is 13.5. The van der Waals surface area contributed by atoms with E-state index in [1.165, 1.54) is 4.90 Å². The van der Waals surface area contributed by atoms with E-state index in [-0.39, 0.29) is 17.4 Å². The summed E-state index contributed by atoms with van der Waals surface area (Å²) in [7, 11) is 0. The van der Waals surface area contributed by atoms with E-state index in [0.29, 0.717) is 17.0 Å². The normalized spacial score (nSPS) is 16.8. The largest absolute Gasteiger partial charge is 0.507 e. The molecule has 6 nitrogen and oxygen atoms in total. The molecular formula is C32H36N2O4. The van der Waals surface area contributed by atoms with Crippen molar-refractivity contribution in [2.75, 3.05) is 22.9 Å². The van der Waals surface area contributed by atoms with Crippen LogP contribution in [0.3, 0.4) is 0 Å². The topological polar surface area (TPSA) is 70.1 Å². The molecule has 4 rings (SSSR count). The molecule has 1 unspecified atom stereocenters. The van der Waals surface area contributed by atoms with Crippen LogP contribution >= 0.6 is 0 Å². The molecule has 38 heavy (non-hydrogen) atoms. The van der Waals surface area contributed by atoms with Crippen LogP contribution in [0.25, 0.3) is 5.76 Å². The number of nitrogens with zero attached hydrogens (tertiary/aromatic N) is 2. The quantitative estimate of drug-likeness (QED) is 0.210. The Hall–Kier alpha value is -4.06. The third-order valence-corrected chi connectivity index (χ3v) is 6.87. The van der Waals surface area contributed by atoms with E-state index in [4.69, 9.17) is 4.74 Å². The zero-order chi connectivity index (χ0) is 27.6. The number of anilines is 2. The van der Waals surface area contributed by atoms with Gasteiger partial charge < -0.3 is 14.7 Å². The van der Waals surface area contributed by atoms with E-state index in [1.54, 1.807) is 18.2 Å². The first-order valence-corrected chi connectivity index (χ1v) is 13.2. The van der Waals surface area contributed by atoms with Crippen LogP contribution in [0.2, 0.25) is 0 Å². The van der Waals surface area contributed by atoms with E-state index >= 15 is 0 Å². The summed E-state index contributed by atoms with van der Waals surface area (Å²) in [6.45, 7) is 13.7. The van der Waals surface area contributed by atoms with Crippen LogP contribution in [-0.4, -0.2) is 36.0 Å². The van der Waals surface area contributed by atoms with Gasteiger partial charge >= 0.3 is 0 Å². The average molecular weight is 513 g/mol. The minimum absolute atomic E-state index is 0.00659. The Labute approximate surface area is 225 Å². The lowest BCUT2D eigenvalue weighted by Crippen LogP contribution is -2.29. The molecule has 198 valence electrons. The number of aliphatic hydroxyl groups excluding tert-OH is 1. The van der Waals surface area contributed by atoms with Crippen molar-refractivity contribution in [3.63, 3.8) is 0 Å². The number of aryl methyl sites for hydroxylation is 2. The first-order valence-electron chi connectivity index (χ1n) is 13.2. The molecule has 1 fully saturated rings. The fourth-order valence-electron chi connectivity index (χ4n) is 4.99. The average Bonchev–Trinajstić information content (AvgIpc) is 3.16. The number of hydrogen-bond acceptors (Lipinski definition) is 5. The summed E-state index contributed by atoms with van der Waals surface area (Å²) < 4.78 is 5.84. The third-order valence-electron chi connectivity index (χ3n) is 6.87. The van der Waals surface area contributed by atoms with Crippen molar-refractivity contribution in [1.29, 1.82) is 0 Å². The van der Waals surface area contributed by atoms with Gasteiger partial charge in [-0.3, -0.25) is 14.5 Å². The van der Waals surface area contributed by atoms with Crippen LogP contribution in [0.1, 0.15) is 56.0 Å². The second-order valence-corrected chi connectivity index (χ2v) is 9.92.